The quantitative estimate of drug-likeness (QED) is 0.0705. The molecule has 10 aromatic rings. The van der Waals surface area contributed by atoms with E-state index in [0.29, 0.717) is 28.4 Å². The van der Waals surface area contributed by atoms with Crippen molar-refractivity contribution in [2.45, 2.75) is 91.6 Å². The third-order valence-electron chi connectivity index (χ3n) is 11.6. The number of aromatic nitrogens is 10. The molecule has 2 amide bonds. The fourth-order valence-electron chi connectivity index (χ4n) is 7.33. The first-order valence-electron chi connectivity index (χ1n) is 24.8. The van der Waals surface area contributed by atoms with Crippen molar-refractivity contribution in [1.82, 2.24) is 49.8 Å². The molecular weight excluding hydrogens is 1170 g/mol. The van der Waals surface area contributed by atoms with Crippen molar-refractivity contribution in [3.8, 4) is 11.3 Å². The number of ether oxygens (including phenoxy) is 2. The molecule has 0 saturated carbocycles. The predicted octanol–water partition coefficient (Wildman–Crippen LogP) is 12.9. The highest BCUT2D eigenvalue weighted by molar-refractivity contribution is 9.10. The van der Waals surface area contributed by atoms with Crippen LogP contribution >= 0.6 is 43.5 Å². The van der Waals surface area contributed by atoms with Gasteiger partial charge in [0.25, 0.3) is 0 Å². The van der Waals surface area contributed by atoms with Gasteiger partial charge >= 0.3 is 19.3 Å². The van der Waals surface area contributed by atoms with Crippen molar-refractivity contribution in [2.24, 2.45) is 0 Å². The van der Waals surface area contributed by atoms with Crippen LogP contribution in [0.2, 0.25) is 5.15 Å². The van der Waals surface area contributed by atoms with Crippen LogP contribution in [0.3, 0.4) is 0 Å². The third kappa shape index (κ3) is 16.8. The Morgan fingerprint density at radius 3 is 1.56 bits per heavy atom. The number of rotatable bonds is 4. The molecule has 1 aliphatic rings. The van der Waals surface area contributed by atoms with E-state index in [1.807, 2.05) is 88.6 Å². The smallest absolute Gasteiger partial charge is 0.444 e. The number of halogens is 3. The molecule has 0 aromatic carbocycles. The van der Waals surface area contributed by atoms with E-state index in [-0.39, 0.29) is 0 Å². The zero-order chi connectivity index (χ0) is 58.0. The molecule has 0 bridgehead atoms. The van der Waals surface area contributed by atoms with Crippen molar-refractivity contribution < 1.29 is 28.4 Å². The largest absolute Gasteiger partial charge is 0.495 e. The fourth-order valence-corrected chi connectivity index (χ4v) is 8.17. The summed E-state index contributed by atoms with van der Waals surface area (Å²) in [5.41, 5.74) is 15.5. The standard InChI is InChI=1S/C16H25BN2O4.C15H11N5.C10H13BrN2O2.C10H6ClN3.C5H5BrN2/c1-14(2,3)21-13(20)19-12-10-11(8-9-18-12)17-22-15(4,5)16(6,7)23-17;16-14-7-9(3-6-18-14)12-2-1-10-11-8-17-5-4-13(11)20-15(10)19-12;1-10(2,3)15-9(14)13-8-6-7(11)4-5-12-8;11-9-2-1-6-7-5-12-4-3-8(7)13-10(6)14-9;6-4-1-2-8-5(7)3-4/h8-10H,1-7H3,(H,18,19,20);1-8H,(H2,16,18)(H,19,20);4-6H,1-3H3,(H,12,13,14);1-5H,(H,13,14);1-3H,(H2,7,8). The molecule has 10 aromatic heterocycles. The second kappa shape index (κ2) is 25.5. The summed E-state index contributed by atoms with van der Waals surface area (Å²) in [6, 6.07) is 25.9. The Bertz CT molecular complexity index is 3740. The maximum Gasteiger partial charge on any atom is 0.495 e. The number of aromatic amines is 2. The van der Waals surface area contributed by atoms with Crippen molar-refractivity contribution in [3.63, 3.8) is 0 Å². The highest BCUT2D eigenvalue weighted by Gasteiger charge is 2.51. The van der Waals surface area contributed by atoms with Gasteiger partial charge in [-0.1, -0.05) is 43.5 Å². The Kier molecular flexibility index (Phi) is 19.1. The van der Waals surface area contributed by atoms with E-state index in [9.17, 15) is 9.59 Å². The number of pyridine rings is 8. The van der Waals surface area contributed by atoms with Crippen LogP contribution in [0.1, 0.15) is 69.2 Å². The van der Waals surface area contributed by atoms with Gasteiger partial charge in [-0.25, -0.2) is 39.5 Å². The van der Waals surface area contributed by atoms with Crippen LogP contribution in [0.15, 0.2) is 143 Å². The lowest BCUT2D eigenvalue weighted by Gasteiger charge is -2.32. The number of H-pyrrole nitrogens is 2. The Morgan fingerprint density at radius 1 is 0.588 bits per heavy atom. The molecule has 0 atom stereocenters. The Balaban J connectivity index is 0.000000149. The lowest BCUT2D eigenvalue weighted by Crippen LogP contribution is -2.41. The summed E-state index contributed by atoms with van der Waals surface area (Å²) >= 11 is 12.3. The molecule has 1 fully saturated rings. The van der Waals surface area contributed by atoms with Gasteiger partial charge in [0.05, 0.1) is 27.9 Å². The molecule has 11 rings (SSSR count). The number of nitrogens with one attached hydrogen (secondary N) is 4. The Hall–Kier alpha value is -7.83. The lowest BCUT2D eigenvalue weighted by atomic mass is 9.80. The first-order chi connectivity index (χ1) is 37.7. The van der Waals surface area contributed by atoms with Gasteiger partial charge < -0.3 is 40.2 Å². The van der Waals surface area contributed by atoms with Gasteiger partial charge in [0.2, 0.25) is 0 Å². The number of nitrogen functional groups attached to an aromatic ring is 2. The Morgan fingerprint density at radius 2 is 1.06 bits per heavy atom. The maximum absolute atomic E-state index is 11.8. The molecule has 0 aliphatic carbocycles. The van der Waals surface area contributed by atoms with Crippen LogP contribution in [0, 0.1) is 0 Å². The number of nitrogens with two attached hydrogens (primary N) is 2. The van der Waals surface area contributed by atoms with Crippen LogP contribution in [-0.4, -0.2) is 91.5 Å². The zero-order valence-electron chi connectivity index (χ0n) is 45.6. The van der Waals surface area contributed by atoms with Gasteiger partial charge in [0.15, 0.2) is 0 Å². The van der Waals surface area contributed by atoms with E-state index in [4.69, 9.17) is 41.9 Å². The van der Waals surface area contributed by atoms with Crippen LogP contribution in [0.25, 0.3) is 55.1 Å². The minimum absolute atomic E-state index is 0.395. The van der Waals surface area contributed by atoms with Gasteiger partial charge in [-0.05, 0) is 160 Å². The van der Waals surface area contributed by atoms with Crippen molar-refractivity contribution >= 4 is 135 Å². The van der Waals surface area contributed by atoms with Crippen LogP contribution < -0.4 is 27.6 Å². The summed E-state index contributed by atoms with van der Waals surface area (Å²) in [4.78, 5) is 62.6. The van der Waals surface area contributed by atoms with E-state index >= 15 is 0 Å². The molecule has 414 valence electrons. The summed E-state index contributed by atoms with van der Waals surface area (Å²) in [6.45, 7) is 18.8. The molecule has 1 saturated heterocycles. The highest BCUT2D eigenvalue weighted by Crippen LogP contribution is 2.36. The average Bonchev–Trinajstić information content (AvgIpc) is 4.17. The molecular formula is C56H60BBr2ClN14O6. The molecule has 11 heterocycles. The normalized spacial score (nSPS) is 13.3. The topological polar surface area (TPSA) is 282 Å². The number of hydrogen-bond donors (Lipinski definition) is 6. The first kappa shape index (κ1) is 59.8. The number of fused-ring (bicyclic) bond motifs is 6. The van der Waals surface area contributed by atoms with Gasteiger partial charge in [-0.3, -0.25) is 20.6 Å². The van der Waals surface area contributed by atoms with E-state index in [2.05, 4.69) is 98.4 Å². The second-order valence-corrected chi connectivity index (χ2v) is 23.0. The summed E-state index contributed by atoms with van der Waals surface area (Å²) in [7, 11) is -0.498. The third-order valence-corrected chi connectivity index (χ3v) is 12.8. The van der Waals surface area contributed by atoms with Crippen LogP contribution in [0.4, 0.5) is 32.9 Å². The fraction of sp³-hybridized carbons (Fsp3) is 0.250. The van der Waals surface area contributed by atoms with E-state index in [1.165, 1.54) is 0 Å². The summed E-state index contributed by atoms with van der Waals surface area (Å²) in [5.74, 6) is 1.88. The van der Waals surface area contributed by atoms with E-state index in [0.717, 1.165) is 69.5 Å². The molecule has 0 spiro atoms. The summed E-state index contributed by atoms with van der Waals surface area (Å²) in [6.07, 6.45) is 12.7. The minimum atomic E-state index is -0.562. The monoisotopic (exact) mass is 1230 g/mol. The van der Waals surface area contributed by atoms with E-state index < -0.39 is 41.7 Å². The molecule has 8 N–H and O–H groups in total. The second-order valence-electron chi connectivity index (χ2n) is 20.8. The van der Waals surface area contributed by atoms with Crippen molar-refractivity contribution in [3.05, 3.63) is 149 Å². The zero-order valence-corrected chi connectivity index (χ0v) is 49.5. The Labute approximate surface area is 484 Å². The van der Waals surface area contributed by atoms with Crippen molar-refractivity contribution in [1.29, 1.82) is 0 Å². The predicted molar refractivity (Wildman–Crippen MR) is 323 cm³/mol. The molecule has 0 radical (unpaired) electrons. The molecule has 20 nitrogen and oxygen atoms in total. The molecule has 80 heavy (non-hydrogen) atoms. The van der Waals surface area contributed by atoms with Crippen LogP contribution in [0.5, 0.6) is 0 Å². The number of nitrogens with zero attached hydrogens (tertiary/aromatic N) is 8. The van der Waals surface area contributed by atoms with Gasteiger partial charge in [-0.15, -0.1) is 0 Å². The number of hydrogen-bond acceptors (Lipinski definition) is 16. The molecule has 24 heteroatoms. The minimum Gasteiger partial charge on any atom is -0.444 e. The number of anilines is 4. The van der Waals surface area contributed by atoms with Crippen molar-refractivity contribution in [2.75, 3.05) is 22.1 Å². The van der Waals surface area contributed by atoms with E-state index in [1.54, 1.807) is 109 Å². The number of carbonyl (C=O) groups is 2. The summed E-state index contributed by atoms with van der Waals surface area (Å²) in [5, 5.41) is 9.93. The average molecular weight is 1230 g/mol. The highest BCUT2D eigenvalue weighted by atomic mass is 79.9. The number of carbonyl (C=O) groups excluding carboxylic acids is 2. The summed E-state index contributed by atoms with van der Waals surface area (Å²) < 4.78 is 24.1. The van der Waals surface area contributed by atoms with Gasteiger partial charge in [-0.2, -0.15) is 0 Å². The maximum atomic E-state index is 11.8. The number of amides is 2. The van der Waals surface area contributed by atoms with Crippen LogP contribution in [-0.2, 0) is 18.8 Å². The lowest BCUT2D eigenvalue weighted by molar-refractivity contribution is 0.00578. The first-order valence-corrected chi connectivity index (χ1v) is 26.8. The molecule has 1 aliphatic heterocycles. The van der Waals surface area contributed by atoms with Gasteiger partial charge in [0.1, 0.15) is 50.9 Å². The molecule has 0 unspecified atom stereocenters. The van der Waals surface area contributed by atoms with Gasteiger partial charge in [0, 0.05) is 85.6 Å². The SMILES string of the molecule is CC(C)(C)OC(=O)Nc1cc(B2OC(C)(C)C(C)(C)O2)ccn1.CC(C)(C)OC(=O)Nc1cc(Br)ccn1.Clc1ccc2c(n1)[nH]c1ccncc12.Nc1cc(-c2ccc3c(n2)[nH]c2ccncc23)ccn1.Nc1cc(Br)ccn1.